The van der Waals surface area contributed by atoms with Crippen LogP contribution >= 0.6 is 0 Å². The highest BCUT2D eigenvalue weighted by atomic mass is 16.2. The van der Waals surface area contributed by atoms with Gasteiger partial charge in [0.05, 0.1) is 11.0 Å². The number of amides is 1. The molecule has 1 aliphatic heterocycles. The Bertz CT molecular complexity index is 1240. The molecule has 0 N–H and O–H groups in total. The van der Waals surface area contributed by atoms with Gasteiger partial charge in [-0.25, -0.2) is 4.98 Å². The minimum absolute atomic E-state index is 0.0931. The molecule has 1 aliphatic rings. The van der Waals surface area contributed by atoms with Crippen LogP contribution in [0.5, 0.6) is 0 Å². The second kappa shape index (κ2) is 8.03. The molecule has 0 spiro atoms. The summed E-state index contributed by atoms with van der Waals surface area (Å²) in [5.41, 5.74) is 6.87. The van der Waals surface area contributed by atoms with E-state index in [1.807, 2.05) is 23.1 Å². The van der Waals surface area contributed by atoms with E-state index < -0.39 is 0 Å². The third-order valence-corrected chi connectivity index (χ3v) is 6.51. The first-order valence-electron chi connectivity index (χ1n) is 11.0. The van der Waals surface area contributed by atoms with Gasteiger partial charge in [0.1, 0.15) is 5.82 Å². The van der Waals surface area contributed by atoms with Gasteiger partial charge in [0.2, 0.25) is 5.91 Å². The van der Waals surface area contributed by atoms with Crippen LogP contribution in [0, 0.1) is 13.8 Å². The number of aromatic nitrogens is 2. The average Bonchev–Trinajstić information content (AvgIpc) is 3.35. The van der Waals surface area contributed by atoms with E-state index in [2.05, 4.69) is 73.0 Å². The Labute approximate surface area is 183 Å². The van der Waals surface area contributed by atoms with E-state index >= 15 is 0 Å². The van der Waals surface area contributed by atoms with E-state index in [1.165, 1.54) is 16.7 Å². The van der Waals surface area contributed by atoms with Crippen molar-refractivity contribution in [2.75, 3.05) is 11.4 Å². The van der Waals surface area contributed by atoms with Gasteiger partial charge in [0, 0.05) is 31.1 Å². The third kappa shape index (κ3) is 3.63. The van der Waals surface area contributed by atoms with Crippen molar-refractivity contribution in [1.82, 2.24) is 9.55 Å². The molecule has 1 aromatic heterocycles. The number of carbonyl (C=O) groups is 1. The normalized spacial score (nSPS) is 16.4. The molecule has 2 heterocycles. The molecule has 3 aromatic carbocycles. The first-order chi connectivity index (χ1) is 15.1. The van der Waals surface area contributed by atoms with Crippen LogP contribution in [0.15, 0.2) is 72.8 Å². The fraction of sp³-hybridized carbons (Fsp3) is 0.259. The predicted octanol–water partition coefficient (Wildman–Crippen LogP) is 5.42. The van der Waals surface area contributed by atoms with Gasteiger partial charge in [-0.1, -0.05) is 54.6 Å². The fourth-order valence-electron chi connectivity index (χ4n) is 4.67. The van der Waals surface area contributed by atoms with Gasteiger partial charge in [0.25, 0.3) is 0 Å². The Morgan fingerprint density at radius 3 is 2.55 bits per heavy atom. The first-order valence-corrected chi connectivity index (χ1v) is 11.0. The highest BCUT2D eigenvalue weighted by Gasteiger charge is 2.35. The standard InChI is InChI=1S/C27H27N3O/c1-19-9-8-14-24(20(19)2)30-18-22(17-26(30)31)27-28-23-12-6-7-13-25(23)29(27)16-15-21-10-4-3-5-11-21/h3-14,22H,15-18H2,1-2H3/t22-/m1/s1. The molecular weight excluding hydrogens is 382 g/mol. The fourth-order valence-corrected chi connectivity index (χ4v) is 4.67. The van der Waals surface area contributed by atoms with Crippen LogP contribution in [0.3, 0.4) is 0 Å². The van der Waals surface area contributed by atoms with Crippen LogP contribution in [0.25, 0.3) is 11.0 Å². The SMILES string of the molecule is Cc1cccc(N2C[C@H](c3nc4ccccc4n3CCc3ccccc3)CC2=O)c1C. The van der Waals surface area contributed by atoms with Gasteiger partial charge in [-0.3, -0.25) is 4.79 Å². The molecule has 1 saturated heterocycles. The molecule has 0 radical (unpaired) electrons. The molecule has 1 fully saturated rings. The molecule has 0 unspecified atom stereocenters. The summed E-state index contributed by atoms with van der Waals surface area (Å²) < 4.78 is 2.33. The van der Waals surface area contributed by atoms with E-state index in [9.17, 15) is 4.79 Å². The Balaban J connectivity index is 1.48. The highest BCUT2D eigenvalue weighted by molar-refractivity contribution is 5.97. The summed E-state index contributed by atoms with van der Waals surface area (Å²) in [6.07, 6.45) is 1.44. The minimum atomic E-state index is 0.0931. The summed E-state index contributed by atoms with van der Waals surface area (Å²) in [4.78, 5) is 20.0. The zero-order valence-corrected chi connectivity index (χ0v) is 18.1. The van der Waals surface area contributed by atoms with Gasteiger partial charge in [-0.2, -0.15) is 0 Å². The Morgan fingerprint density at radius 2 is 1.71 bits per heavy atom. The van der Waals surface area contributed by atoms with Crippen molar-refractivity contribution < 1.29 is 4.79 Å². The van der Waals surface area contributed by atoms with Gasteiger partial charge in [-0.15, -0.1) is 0 Å². The number of hydrogen-bond acceptors (Lipinski definition) is 2. The maximum atomic E-state index is 13.0. The summed E-state index contributed by atoms with van der Waals surface area (Å²) in [5.74, 6) is 1.30. The van der Waals surface area contributed by atoms with Crippen LogP contribution < -0.4 is 4.90 Å². The smallest absolute Gasteiger partial charge is 0.227 e. The molecule has 4 heteroatoms. The number of rotatable bonds is 5. The van der Waals surface area contributed by atoms with Crippen molar-refractivity contribution in [1.29, 1.82) is 0 Å². The lowest BCUT2D eigenvalue weighted by Crippen LogP contribution is -2.25. The summed E-state index contributed by atoms with van der Waals surface area (Å²) in [6.45, 7) is 5.73. The summed E-state index contributed by atoms with van der Waals surface area (Å²) >= 11 is 0. The van der Waals surface area contributed by atoms with Gasteiger partial charge < -0.3 is 9.47 Å². The van der Waals surface area contributed by atoms with Gasteiger partial charge >= 0.3 is 0 Å². The van der Waals surface area contributed by atoms with Crippen molar-refractivity contribution in [2.24, 2.45) is 0 Å². The van der Waals surface area contributed by atoms with Crippen LogP contribution in [-0.4, -0.2) is 22.0 Å². The summed E-state index contributed by atoms with van der Waals surface area (Å²) in [7, 11) is 0. The Hall–Kier alpha value is -3.40. The number of carbonyl (C=O) groups excluding carboxylic acids is 1. The molecule has 31 heavy (non-hydrogen) atoms. The van der Waals surface area contributed by atoms with E-state index in [0.717, 1.165) is 35.5 Å². The number of nitrogens with zero attached hydrogens (tertiary/aromatic N) is 3. The van der Waals surface area contributed by atoms with E-state index in [4.69, 9.17) is 4.98 Å². The number of anilines is 1. The number of para-hydroxylation sites is 2. The molecule has 0 aliphatic carbocycles. The largest absolute Gasteiger partial charge is 0.327 e. The number of hydrogen-bond donors (Lipinski definition) is 0. The molecule has 0 saturated carbocycles. The van der Waals surface area contributed by atoms with Crippen LogP contribution in [-0.2, 0) is 17.8 Å². The van der Waals surface area contributed by atoms with Crippen LogP contribution in [0.4, 0.5) is 5.69 Å². The lowest BCUT2D eigenvalue weighted by Gasteiger charge is -2.20. The molecule has 0 bridgehead atoms. The second-order valence-corrected chi connectivity index (χ2v) is 8.47. The molecule has 1 amide bonds. The molecule has 1 atom stereocenters. The van der Waals surface area contributed by atoms with Crippen LogP contribution in [0.2, 0.25) is 0 Å². The maximum absolute atomic E-state index is 13.0. The Morgan fingerprint density at radius 1 is 0.935 bits per heavy atom. The van der Waals surface area contributed by atoms with Crippen molar-refractivity contribution in [2.45, 2.75) is 39.2 Å². The zero-order valence-electron chi connectivity index (χ0n) is 18.1. The summed E-state index contributed by atoms with van der Waals surface area (Å²) in [5, 5.41) is 0. The third-order valence-electron chi connectivity index (χ3n) is 6.51. The van der Waals surface area contributed by atoms with E-state index in [1.54, 1.807) is 0 Å². The van der Waals surface area contributed by atoms with Crippen molar-refractivity contribution >= 4 is 22.6 Å². The second-order valence-electron chi connectivity index (χ2n) is 8.47. The van der Waals surface area contributed by atoms with Gasteiger partial charge in [-0.05, 0) is 55.2 Å². The topological polar surface area (TPSA) is 38.1 Å². The summed E-state index contributed by atoms with van der Waals surface area (Å²) in [6, 6.07) is 25.0. The lowest BCUT2D eigenvalue weighted by molar-refractivity contribution is -0.117. The average molecular weight is 410 g/mol. The number of imidazole rings is 1. The maximum Gasteiger partial charge on any atom is 0.227 e. The molecule has 156 valence electrons. The lowest BCUT2D eigenvalue weighted by atomic mass is 10.1. The number of benzene rings is 3. The van der Waals surface area contributed by atoms with Crippen LogP contribution in [0.1, 0.15) is 34.9 Å². The minimum Gasteiger partial charge on any atom is -0.327 e. The molecule has 4 nitrogen and oxygen atoms in total. The van der Waals surface area contributed by atoms with Gasteiger partial charge in [0.15, 0.2) is 0 Å². The van der Waals surface area contributed by atoms with E-state index in [0.29, 0.717) is 13.0 Å². The van der Waals surface area contributed by atoms with Crippen molar-refractivity contribution in [3.8, 4) is 0 Å². The highest BCUT2D eigenvalue weighted by Crippen LogP contribution is 2.35. The monoisotopic (exact) mass is 409 g/mol. The number of aryl methyl sites for hydroxylation is 3. The quantitative estimate of drug-likeness (QED) is 0.442. The molecular formula is C27H27N3O. The van der Waals surface area contributed by atoms with Crippen molar-refractivity contribution in [3.63, 3.8) is 0 Å². The zero-order chi connectivity index (χ0) is 21.4. The number of fused-ring (bicyclic) bond motifs is 1. The molecule has 5 rings (SSSR count). The predicted molar refractivity (Wildman–Crippen MR) is 126 cm³/mol. The Kier molecular flexibility index (Phi) is 5.06. The molecule has 4 aromatic rings. The first kappa shape index (κ1) is 19.6. The van der Waals surface area contributed by atoms with E-state index in [-0.39, 0.29) is 11.8 Å². The van der Waals surface area contributed by atoms with Crippen molar-refractivity contribution in [3.05, 3.63) is 95.3 Å².